The lowest BCUT2D eigenvalue weighted by Crippen LogP contribution is -2.31. The van der Waals surface area contributed by atoms with E-state index in [9.17, 15) is 14.7 Å². The van der Waals surface area contributed by atoms with E-state index in [-0.39, 0.29) is 17.5 Å². The summed E-state index contributed by atoms with van der Waals surface area (Å²) in [6, 6.07) is 8.54. The van der Waals surface area contributed by atoms with Gasteiger partial charge in [-0.1, -0.05) is 29.8 Å². The fraction of sp³-hybridized carbons (Fsp3) is 0.133. The highest BCUT2D eigenvalue weighted by atomic mass is 35.5. The molecular formula is C15H11ClN2O3. The first-order valence-corrected chi connectivity index (χ1v) is 6.70. The Morgan fingerprint density at radius 1 is 1.29 bits per heavy atom. The number of fused-ring (bicyclic) bond motifs is 1. The van der Waals surface area contributed by atoms with Crippen molar-refractivity contribution in [1.82, 2.24) is 4.98 Å². The van der Waals surface area contributed by atoms with E-state index >= 15 is 0 Å². The molecule has 0 aliphatic carbocycles. The molecule has 1 aliphatic rings. The van der Waals surface area contributed by atoms with Gasteiger partial charge >= 0.3 is 5.97 Å². The summed E-state index contributed by atoms with van der Waals surface area (Å²) >= 11 is 6.00. The van der Waals surface area contributed by atoms with Gasteiger partial charge in [0.1, 0.15) is 5.92 Å². The van der Waals surface area contributed by atoms with Gasteiger partial charge in [0.05, 0.1) is 10.6 Å². The second-order valence-electron chi connectivity index (χ2n) is 4.72. The number of carboxylic acids is 1. The monoisotopic (exact) mass is 302 g/mol. The number of amides is 1. The first kappa shape index (κ1) is 13.6. The van der Waals surface area contributed by atoms with Gasteiger partial charge in [0.25, 0.3) is 5.91 Å². The largest absolute Gasteiger partial charge is 0.481 e. The average Bonchev–Trinajstić information content (AvgIpc) is 2.87. The molecule has 6 heteroatoms. The molecule has 0 bridgehead atoms. The summed E-state index contributed by atoms with van der Waals surface area (Å²) in [5, 5.41) is 9.56. The maximum atomic E-state index is 12.6. The predicted molar refractivity (Wildman–Crippen MR) is 77.7 cm³/mol. The van der Waals surface area contributed by atoms with Crippen LogP contribution in [0.3, 0.4) is 0 Å². The summed E-state index contributed by atoms with van der Waals surface area (Å²) in [6.45, 7) is 0.103. The smallest absolute Gasteiger partial charge is 0.312 e. The summed E-state index contributed by atoms with van der Waals surface area (Å²) in [6.07, 6.45) is 2.88. The van der Waals surface area contributed by atoms with Crippen LogP contribution in [0.5, 0.6) is 0 Å². The zero-order chi connectivity index (χ0) is 15.0. The molecule has 1 amide bonds. The number of para-hydroxylation sites is 1. The summed E-state index contributed by atoms with van der Waals surface area (Å²) in [7, 11) is 0. The summed E-state index contributed by atoms with van der Waals surface area (Å²) in [5.74, 6) is -1.98. The quantitative estimate of drug-likeness (QED) is 0.925. The number of carbonyl (C=O) groups excluding carboxylic acids is 1. The van der Waals surface area contributed by atoms with Crippen molar-refractivity contribution in [2.75, 3.05) is 11.4 Å². The molecule has 1 aromatic heterocycles. The SMILES string of the molecule is O=C(O)[C@H]1CN(C(=O)c2ccncc2Cl)c2ccccc21. The van der Waals surface area contributed by atoms with Gasteiger partial charge in [0.15, 0.2) is 0 Å². The summed E-state index contributed by atoms with van der Waals surface area (Å²) in [5.41, 5.74) is 1.57. The molecule has 3 rings (SSSR count). The highest BCUT2D eigenvalue weighted by molar-refractivity contribution is 6.34. The Balaban J connectivity index is 2.03. The topological polar surface area (TPSA) is 70.5 Å². The number of hydrogen-bond donors (Lipinski definition) is 1. The Bertz CT molecular complexity index is 732. The number of aliphatic carboxylic acids is 1. The van der Waals surface area contributed by atoms with Crippen molar-refractivity contribution < 1.29 is 14.7 Å². The van der Waals surface area contributed by atoms with Gasteiger partial charge in [-0.05, 0) is 17.7 Å². The Morgan fingerprint density at radius 2 is 2.05 bits per heavy atom. The minimum Gasteiger partial charge on any atom is -0.481 e. The highest BCUT2D eigenvalue weighted by Gasteiger charge is 2.37. The second-order valence-corrected chi connectivity index (χ2v) is 5.13. The molecule has 0 saturated carbocycles. The first-order chi connectivity index (χ1) is 10.1. The number of benzene rings is 1. The molecule has 106 valence electrons. The van der Waals surface area contributed by atoms with Crippen LogP contribution in [-0.2, 0) is 4.79 Å². The van der Waals surface area contributed by atoms with E-state index in [1.165, 1.54) is 23.4 Å². The van der Waals surface area contributed by atoms with Crippen LogP contribution >= 0.6 is 11.6 Å². The van der Waals surface area contributed by atoms with Crippen molar-refractivity contribution in [3.8, 4) is 0 Å². The Hall–Kier alpha value is -2.40. The van der Waals surface area contributed by atoms with Gasteiger partial charge in [-0.2, -0.15) is 0 Å². The molecule has 1 aliphatic heterocycles. The lowest BCUT2D eigenvalue weighted by Gasteiger charge is -2.18. The molecule has 0 saturated heterocycles. The number of nitrogens with zero attached hydrogens (tertiary/aromatic N) is 2. The number of halogens is 1. The van der Waals surface area contributed by atoms with Crippen molar-refractivity contribution in [3.05, 3.63) is 58.9 Å². The third-order valence-electron chi connectivity index (χ3n) is 3.51. The molecule has 0 radical (unpaired) electrons. The van der Waals surface area contributed by atoms with Crippen molar-refractivity contribution in [3.63, 3.8) is 0 Å². The molecular weight excluding hydrogens is 292 g/mol. The van der Waals surface area contributed by atoms with Crippen LogP contribution in [0.25, 0.3) is 0 Å². The van der Waals surface area contributed by atoms with Gasteiger partial charge in [-0.15, -0.1) is 0 Å². The van der Waals surface area contributed by atoms with E-state index in [2.05, 4.69) is 4.98 Å². The molecule has 2 heterocycles. The van der Waals surface area contributed by atoms with Gasteiger partial charge in [-0.25, -0.2) is 0 Å². The zero-order valence-corrected chi connectivity index (χ0v) is 11.6. The van der Waals surface area contributed by atoms with Crippen LogP contribution in [-0.4, -0.2) is 28.5 Å². The van der Waals surface area contributed by atoms with Crippen LogP contribution in [0.15, 0.2) is 42.7 Å². The number of carbonyl (C=O) groups is 2. The average molecular weight is 303 g/mol. The number of carboxylic acid groups (broad SMARTS) is 1. The fourth-order valence-corrected chi connectivity index (χ4v) is 2.70. The maximum absolute atomic E-state index is 12.6. The number of hydrogen-bond acceptors (Lipinski definition) is 3. The van der Waals surface area contributed by atoms with E-state index in [4.69, 9.17) is 11.6 Å². The van der Waals surface area contributed by atoms with Crippen molar-refractivity contribution in [1.29, 1.82) is 0 Å². The van der Waals surface area contributed by atoms with Gasteiger partial charge in [0.2, 0.25) is 0 Å². The molecule has 1 N–H and O–H groups in total. The molecule has 2 aromatic rings. The molecule has 21 heavy (non-hydrogen) atoms. The van der Waals surface area contributed by atoms with E-state index in [0.717, 1.165) is 0 Å². The predicted octanol–water partition coefficient (Wildman–Crippen LogP) is 2.56. The van der Waals surface area contributed by atoms with E-state index in [1.54, 1.807) is 24.3 Å². The van der Waals surface area contributed by atoms with Crippen LogP contribution in [0.1, 0.15) is 21.8 Å². The van der Waals surface area contributed by atoms with Gasteiger partial charge < -0.3 is 10.0 Å². The van der Waals surface area contributed by atoms with E-state index < -0.39 is 11.9 Å². The van der Waals surface area contributed by atoms with E-state index in [0.29, 0.717) is 16.8 Å². The number of rotatable bonds is 2. The molecule has 1 atom stereocenters. The minimum atomic E-state index is -0.946. The lowest BCUT2D eigenvalue weighted by atomic mass is 10.0. The molecule has 0 fully saturated rings. The lowest BCUT2D eigenvalue weighted by molar-refractivity contribution is -0.138. The molecule has 5 nitrogen and oxygen atoms in total. The molecule has 1 aromatic carbocycles. The molecule has 0 unspecified atom stereocenters. The molecule has 0 spiro atoms. The van der Waals surface area contributed by atoms with Crippen LogP contribution in [0.4, 0.5) is 5.69 Å². The number of pyridine rings is 1. The van der Waals surface area contributed by atoms with Gasteiger partial charge in [0, 0.05) is 24.6 Å². The first-order valence-electron chi connectivity index (χ1n) is 6.32. The van der Waals surface area contributed by atoms with E-state index in [1.807, 2.05) is 0 Å². The number of anilines is 1. The van der Waals surface area contributed by atoms with Crippen molar-refractivity contribution in [2.45, 2.75) is 5.92 Å². The number of aromatic nitrogens is 1. The van der Waals surface area contributed by atoms with Crippen LogP contribution < -0.4 is 4.90 Å². The van der Waals surface area contributed by atoms with Crippen molar-refractivity contribution in [2.24, 2.45) is 0 Å². The standard InChI is InChI=1S/C15H11ClN2O3/c16-12-7-17-6-5-10(12)14(19)18-8-11(15(20)21)9-3-1-2-4-13(9)18/h1-7,11H,8H2,(H,20,21)/t11-/m0/s1. The highest BCUT2D eigenvalue weighted by Crippen LogP contribution is 2.37. The van der Waals surface area contributed by atoms with Gasteiger partial charge in [-0.3, -0.25) is 14.6 Å². The third kappa shape index (κ3) is 2.25. The fourth-order valence-electron chi connectivity index (χ4n) is 2.50. The summed E-state index contributed by atoms with van der Waals surface area (Å²) in [4.78, 5) is 29.3. The third-order valence-corrected chi connectivity index (χ3v) is 3.82. The second kappa shape index (κ2) is 5.18. The normalized spacial score (nSPS) is 16.6. The van der Waals surface area contributed by atoms with Crippen molar-refractivity contribution >= 4 is 29.2 Å². The summed E-state index contributed by atoms with van der Waals surface area (Å²) < 4.78 is 0. The maximum Gasteiger partial charge on any atom is 0.312 e. The Labute approximate surface area is 125 Å². The Kier molecular flexibility index (Phi) is 3.35. The zero-order valence-electron chi connectivity index (χ0n) is 10.9. The van der Waals surface area contributed by atoms with Crippen LogP contribution in [0.2, 0.25) is 5.02 Å². The Morgan fingerprint density at radius 3 is 2.76 bits per heavy atom. The van der Waals surface area contributed by atoms with Crippen LogP contribution in [0, 0.1) is 0 Å². The minimum absolute atomic E-state index is 0.103.